The fraction of sp³-hybridized carbons (Fsp3) is 1.00. The number of nitrogens with two attached hydrogens (primary N) is 1. The van der Waals surface area contributed by atoms with Crippen molar-refractivity contribution in [3.05, 3.63) is 0 Å². The minimum Gasteiger partial charge on any atom is -0.395 e. The average Bonchev–Trinajstić information content (AvgIpc) is 2.47. The molecule has 0 aromatic heterocycles. The molecule has 1 heterocycles. The van der Waals surface area contributed by atoms with Crippen molar-refractivity contribution in [2.45, 2.75) is 25.8 Å². The fourth-order valence-electron chi connectivity index (χ4n) is 1.67. The van der Waals surface area contributed by atoms with E-state index >= 15 is 0 Å². The minimum absolute atomic E-state index is 0.0269. The topological polar surface area (TPSA) is 49.5 Å². The molecule has 0 aromatic carbocycles. The van der Waals surface area contributed by atoms with Gasteiger partial charge >= 0.3 is 0 Å². The smallest absolute Gasteiger partial charge is 0.0583 e. The van der Waals surface area contributed by atoms with Gasteiger partial charge < -0.3 is 15.7 Å². The highest BCUT2D eigenvalue weighted by atomic mass is 16.3. The van der Waals surface area contributed by atoms with Crippen LogP contribution in [0, 0.1) is 5.92 Å². The molecule has 0 radical (unpaired) electrons. The number of aliphatic hydroxyl groups excluding tert-OH is 1. The summed E-state index contributed by atoms with van der Waals surface area (Å²) in [4.78, 5) is 2.43. The first-order valence-electron chi connectivity index (χ1n) is 4.81. The van der Waals surface area contributed by atoms with Crippen molar-refractivity contribution in [1.82, 2.24) is 4.90 Å². The number of hydrogen-bond donors (Lipinski definition) is 2. The van der Waals surface area contributed by atoms with E-state index in [4.69, 9.17) is 10.8 Å². The number of rotatable bonds is 4. The third kappa shape index (κ3) is 3.09. The van der Waals surface area contributed by atoms with Crippen LogP contribution >= 0.6 is 0 Å². The van der Waals surface area contributed by atoms with Gasteiger partial charge in [0.05, 0.1) is 6.61 Å². The van der Waals surface area contributed by atoms with Gasteiger partial charge in [-0.3, -0.25) is 0 Å². The maximum Gasteiger partial charge on any atom is 0.0583 e. The number of likely N-dealkylation sites (tertiary alicyclic amines) is 1. The zero-order chi connectivity index (χ0) is 8.97. The first-order chi connectivity index (χ1) is 5.72. The third-order valence-corrected chi connectivity index (χ3v) is 2.56. The second-order valence-electron chi connectivity index (χ2n) is 3.93. The molecular formula is C9H20N2O. The standard InChI is InChI=1S/C9H20N2O/c1-8-2-4-11(6-8)5-3-9(10)7-12/h8-9,12H,2-7,10H2,1H3. The Bertz CT molecular complexity index is 130. The molecule has 1 saturated heterocycles. The van der Waals surface area contributed by atoms with Crippen molar-refractivity contribution in [3.63, 3.8) is 0 Å². The molecular weight excluding hydrogens is 152 g/mol. The number of aliphatic hydroxyl groups is 1. The Morgan fingerprint density at radius 1 is 1.67 bits per heavy atom. The maximum absolute atomic E-state index is 8.72. The molecule has 0 bridgehead atoms. The van der Waals surface area contributed by atoms with Crippen molar-refractivity contribution in [3.8, 4) is 0 Å². The van der Waals surface area contributed by atoms with Gasteiger partial charge in [0.2, 0.25) is 0 Å². The Morgan fingerprint density at radius 2 is 2.42 bits per heavy atom. The van der Waals surface area contributed by atoms with Crippen LogP contribution in [-0.2, 0) is 0 Å². The number of hydrogen-bond acceptors (Lipinski definition) is 3. The molecule has 0 aromatic rings. The maximum atomic E-state index is 8.72. The van der Waals surface area contributed by atoms with Crippen molar-refractivity contribution in [2.75, 3.05) is 26.2 Å². The third-order valence-electron chi connectivity index (χ3n) is 2.56. The van der Waals surface area contributed by atoms with Gasteiger partial charge in [-0.15, -0.1) is 0 Å². The van der Waals surface area contributed by atoms with Crippen LogP contribution in [0.4, 0.5) is 0 Å². The molecule has 0 amide bonds. The summed E-state index contributed by atoms with van der Waals surface area (Å²) in [6.07, 6.45) is 2.23. The fourth-order valence-corrected chi connectivity index (χ4v) is 1.67. The van der Waals surface area contributed by atoms with Gasteiger partial charge in [0.15, 0.2) is 0 Å². The summed E-state index contributed by atoms with van der Waals surface area (Å²) in [7, 11) is 0. The summed E-state index contributed by atoms with van der Waals surface area (Å²) in [6.45, 7) is 5.86. The summed E-state index contributed by atoms with van der Waals surface area (Å²) < 4.78 is 0. The van der Waals surface area contributed by atoms with Crippen molar-refractivity contribution in [2.24, 2.45) is 11.7 Å². The first-order valence-corrected chi connectivity index (χ1v) is 4.81. The lowest BCUT2D eigenvalue weighted by atomic mass is 10.2. The molecule has 3 N–H and O–H groups in total. The first kappa shape index (κ1) is 9.96. The Hall–Kier alpha value is -0.120. The predicted molar refractivity (Wildman–Crippen MR) is 49.9 cm³/mol. The summed E-state index contributed by atoms with van der Waals surface area (Å²) in [5.74, 6) is 0.843. The van der Waals surface area contributed by atoms with Crippen molar-refractivity contribution >= 4 is 0 Å². The molecule has 0 aliphatic carbocycles. The second-order valence-corrected chi connectivity index (χ2v) is 3.93. The summed E-state index contributed by atoms with van der Waals surface area (Å²) >= 11 is 0. The van der Waals surface area contributed by atoms with E-state index in [0.29, 0.717) is 0 Å². The Balaban J connectivity index is 2.07. The van der Waals surface area contributed by atoms with Crippen LogP contribution in [0.25, 0.3) is 0 Å². The molecule has 2 atom stereocenters. The van der Waals surface area contributed by atoms with Crippen LogP contribution in [0.3, 0.4) is 0 Å². The Morgan fingerprint density at radius 3 is 2.92 bits per heavy atom. The van der Waals surface area contributed by atoms with Gasteiger partial charge in [0.25, 0.3) is 0 Å². The van der Waals surface area contributed by atoms with E-state index < -0.39 is 0 Å². The second kappa shape index (κ2) is 4.80. The molecule has 72 valence electrons. The normalized spacial score (nSPS) is 27.8. The van der Waals surface area contributed by atoms with Crippen LogP contribution in [0.2, 0.25) is 0 Å². The Kier molecular flexibility index (Phi) is 3.98. The molecule has 1 aliphatic rings. The molecule has 0 saturated carbocycles. The molecule has 2 unspecified atom stereocenters. The highest BCUT2D eigenvalue weighted by Crippen LogP contribution is 2.14. The molecule has 3 heteroatoms. The highest BCUT2D eigenvalue weighted by molar-refractivity contribution is 4.73. The lowest BCUT2D eigenvalue weighted by molar-refractivity contribution is 0.238. The van der Waals surface area contributed by atoms with Gasteiger partial charge in [-0.2, -0.15) is 0 Å². The summed E-state index contributed by atoms with van der Waals surface area (Å²) in [6, 6.07) is -0.0269. The van der Waals surface area contributed by atoms with Crippen LogP contribution in [-0.4, -0.2) is 42.3 Å². The van der Waals surface area contributed by atoms with Gasteiger partial charge in [0, 0.05) is 12.6 Å². The molecule has 12 heavy (non-hydrogen) atoms. The number of nitrogens with zero attached hydrogens (tertiary/aromatic N) is 1. The molecule has 1 aliphatic heterocycles. The van der Waals surface area contributed by atoms with E-state index in [-0.39, 0.29) is 12.6 Å². The zero-order valence-electron chi connectivity index (χ0n) is 7.87. The molecule has 3 nitrogen and oxygen atoms in total. The van der Waals surface area contributed by atoms with E-state index in [1.807, 2.05) is 0 Å². The summed E-state index contributed by atoms with van der Waals surface area (Å²) in [5.41, 5.74) is 5.61. The quantitative estimate of drug-likeness (QED) is 0.629. The minimum atomic E-state index is -0.0269. The van der Waals surface area contributed by atoms with Gasteiger partial charge in [-0.25, -0.2) is 0 Å². The zero-order valence-corrected chi connectivity index (χ0v) is 7.87. The monoisotopic (exact) mass is 172 g/mol. The van der Waals surface area contributed by atoms with Gasteiger partial charge in [-0.05, 0) is 31.8 Å². The van der Waals surface area contributed by atoms with E-state index in [2.05, 4.69) is 11.8 Å². The highest BCUT2D eigenvalue weighted by Gasteiger charge is 2.18. The SMILES string of the molecule is CC1CCN(CCC(N)CO)C1. The molecule has 1 rings (SSSR count). The van der Waals surface area contributed by atoms with Crippen LogP contribution in [0.5, 0.6) is 0 Å². The average molecular weight is 172 g/mol. The van der Waals surface area contributed by atoms with Gasteiger partial charge in [-0.1, -0.05) is 6.92 Å². The molecule has 1 fully saturated rings. The Labute approximate surface area is 74.5 Å². The van der Waals surface area contributed by atoms with Crippen LogP contribution < -0.4 is 5.73 Å². The largest absolute Gasteiger partial charge is 0.395 e. The lowest BCUT2D eigenvalue weighted by Crippen LogP contribution is -2.31. The van der Waals surface area contributed by atoms with E-state index in [9.17, 15) is 0 Å². The molecule has 0 spiro atoms. The van der Waals surface area contributed by atoms with E-state index in [1.54, 1.807) is 0 Å². The van der Waals surface area contributed by atoms with Gasteiger partial charge in [0.1, 0.15) is 0 Å². The predicted octanol–water partition coefficient (Wildman–Crippen LogP) is 0.0379. The summed E-state index contributed by atoms with van der Waals surface area (Å²) in [5, 5.41) is 8.72. The van der Waals surface area contributed by atoms with E-state index in [1.165, 1.54) is 19.5 Å². The van der Waals surface area contributed by atoms with Crippen LogP contribution in [0.15, 0.2) is 0 Å². The van der Waals surface area contributed by atoms with Crippen LogP contribution in [0.1, 0.15) is 19.8 Å². The van der Waals surface area contributed by atoms with Crippen molar-refractivity contribution < 1.29 is 5.11 Å². The van der Waals surface area contributed by atoms with Crippen molar-refractivity contribution in [1.29, 1.82) is 0 Å². The van der Waals surface area contributed by atoms with E-state index in [0.717, 1.165) is 18.9 Å². The lowest BCUT2D eigenvalue weighted by Gasteiger charge is -2.16.